The molecule has 0 aromatic carbocycles. The minimum atomic E-state index is -0.204. The van der Waals surface area contributed by atoms with Crippen LogP contribution in [0, 0.1) is 5.92 Å². The molecule has 1 atom stereocenters. The van der Waals surface area contributed by atoms with Crippen molar-refractivity contribution in [2.45, 2.75) is 25.8 Å². The van der Waals surface area contributed by atoms with Gasteiger partial charge in [-0.2, -0.15) is 0 Å². The molecule has 1 aliphatic rings. The number of hydrogen-bond donors (Lipinski definition) is 2. The first-order valence-corrected chi connectivity index (χ1v) is 6.76. The van der Waals surface area contributed by atoms with E-state index in [1.165, 1.54) is 12.8 Å². The van der Waals surface area contributed by atoms with E-state index < -0.39 is 0 Å². The number of pyridine rings is 1. The summed E-state index contributed by atoms with van der Waals surface area (Å²) in [5.41, 5.74) is 0.903. The van der Waals surface area contributed by atoms with Crippen LogP contribution in [0.4, 0.5) is 10.6 Å². The minimum Gasteiger partial charge on any atom is -0.335 e. The Bertz CT molecular complexity index is 591. The smallest absolute Gasteiger partial charge is 0.320 e. The largest absolute Gasteiger partial charge is 0.335 e. The molecule has 0 unspecified atom stereocenters. The molecular weight excluding hydrogens is 254 g/mol. The molecule has 2 aromatic heterocycles. The monoisotopic (exact) mass is 271 g/mol. The SMILES string of the molecule is C[C@H](NC(=O)Nc1ccn(-c2ccncc2)n1)C1CC1. The molecule has 1 saturated carbocycles. The predicted molar refractivity (Wildman–Crippen MR) is 75.7 cm³/mol. The second-order valence-corrected chi connectivity index (χ2v) is 5.08. The van der Waals surface area contributed by atoms with E-state index in [-0.39, 0.29) is 12.1 Å². The molecule has 6 heteroatoms. The van der Waals surface area contributed by atoms with E-state index in [0.717, 1.165) is 5.69 Å². The summed E-state index contributed by atoms with van der Waals surface area (Å²) in [6.45, 7) is 2.03. The van der Waals surface area contributed by atoms with Crippen LogP contribution in [0.2, 0.25) is 0 Å². The molecule has 20 heavy (non-hydrogen) atoms. The van der Waals surface area contributed by atoms with Crippen LogP contribution in [0.15, 0.2) is 36.8 Å². The van der Waals surface area contributed by atoms with E-state index in [1.54, 1.807) is 29.3 Å². The summed E-state index contributed by atoms with van der Waals surface area (Å²) in [6.07, 6.45) is 7.62. The zero-order valence-corrected chi connectivity index (χ0v) is 11.3. The Labute approximate surface area is 117 Å². The highest BCUT2D eigenvalue weighted by Crippen LogP contribution is 2.32. The molecule has 2 heterocycles. The van der Waals surface area contributed by atoms with Crippen molar-refractivity contribution < 1.29 is 4.79 Å². The molecule has 0 radical (unpaired) electrons. The second-order valence-electron chi connectivity index (χ2n) is 5.08. The molecule has 2 N–H and O–H groups in total. The highest BCUT2D eigenvalue weighted by molar-refractivity contribution is 5.88. The summed E-state index contributed by atoms with van der Waals surface area (Å²) >= 11 is 0. The lowest BCUT2D eigenvalue weighted by Crippen LogP contribution is -2.37. The molecule has 0 saturated heterocycles. The topological polar surface area (TPSA) is 71.8 Å². The van der Waals surface area contributed by atoms with Gasteiger partial charge in [0.1, 0.15) is 0 Å². The number of carbonyl (C=O) groups excluding carboxylic acids is 1. The number of urea groups is 1. The van der Waals surface area contributed by atoms with E-state index >= 15 is 0 Å². The number of aromatic nitrogens is 3. The van der Waals surface area contributed by atoms with Crippen molar-refractivity contribution in [1.82, 2.24) is 20.1 Å². The van der Waals surface area contributed by atoms with Crippen LogP contribution < -0.4 is 10.6 Å². The number of amides is 2. The van der Waals surface area contributed by atoms with Crippen molar-refractivity contribution in [2.24, 2.45) is 5.92 Å². The fraction of sp³-hybridized carbons (Fsp3) is 0.357. The first-order chi connectivity index (χ1) is 9.72. The molecule has 6 nitrogen and oxygen atoms in total. The quantitative estimate of drug-likeness (QED) is 0.895. The Hall–Kier alpha value is -2.37. The molecule has 0 bridgehead atoms. The summed E-state index contributed by atoms with van der Waals surface area (Å²) in [6, 6.07) is 5.49. The molecule has 0 spiro atoms. The maximum Gasteiger partial charge on any atom is 0.320 e. The third-order valence-corrected chi connectivity index (χ3v) is 3.45. The van der Waals surface area contributed by atoms with Crippen molar-refractivity contribution in [1.29, 1.82) is 0 Å². The fourth-order valence-electron chi connectivity index (χ4n) is 2.10. The normalized spacial score (nSPS) is 15.7. The van der Waals surface area contributed by atoms with Gasteiger partial charge in [0.25, 0.3) is 0 Å². The number of rotatable bonds is 4. The third kappa shape index (κ3) is 2.96. The van der Waals surface area contributed by atoms with Gasteiger partial charge in [-0.05, 0) is 37.8 Å². The lowest BCUT2D eigenvalue weighted by molar-refractivity contribution is 0.248. The van der Waals surface area contributed by atoms with E-state index in [9.17, 15) is 4.79 Å². The number of nitrogens with zero attached hydrogens (tertiary/aromatic N) is 3. The van der Waals surface area contributed by atoms with Crippen molar-refractivity contribution in [3.63, 3.8) is 0 Å². The van der Waals surface area contributed by atoms with Gasteiger partial charge in [-0.25, -0.2) is 9.48 Å². The number of hydrogen-bond acceptors (Lipinski definition) is 3. The maximum atomic E-state index is 11.8. The molecule has 1 aliphatic carbocycles. The van der Waals surface area contributed by atoms with Gasteiger partial charge in [0.05, 0.1) is 5.69 Å². The van der Waals surface area contributed by atoms with Crippen LogP contribution in [0.5, 0.6) is 0 Å². The lowest BCUT2D eigenvalue weighted by atomic mass is 10.2. The average Bonchev–Trinajstić information content (AvgIpc) is 3.21. The van der Waals surface area contributed by atoms with E-state index in [0.29, 0.717) is 11.7 Å². The summed E-state index contributed by atoms with van der Waals surface area (Å²) in [7, 11) is 0. The standard InChI is InChI=1S/C14H17N5O/c1-10(11-2-3-11)16-14(20)17-13-6-9-19(18-13)12-4-7-15-8-5-12/h4-11H,2-3H2,1H3,(H2,16,17,18,20)/t10-/m0/s1. The van der Waals surface area contributed by atoms with Gasteiger partial charge >= 0.3 is 6.03 Å². The predicted octanol–water partition coefficient (Wildman–Crippen LogP) is 2.19. The highest BCUT2D eigenvalue weighted by atomic mass is 16.2. The maximum absolute atomic E-state index is 11.8. The number of nitrogens with one attached hydrogen (secondary N) is 2. The van der Waals surface area contributed by atoms with Gasteiger partial charge < -0.3 is 5.32 Å². The van der Waals surface area contributed by atoms with E-state index in [1.807, 2.05) is 19.1 Å². The van der Waals surface area contributed by atoms with Gasteiger partial charge in [0.15, 0.2) is 5.82 Å². The zero-order valence-electron chi connectivity index (χ0n) is 11.3. The molecule has 1 fully saturated rings. The van der Waals surface area contributed by atoms with Gasteiger partial charge in [-0.1, -0.05) is 0 Å². The van der Waals surface area contributed by atoms with Crippen molar-refractivity contribution >= 4 is 11.8 Å². The van der Waals surface area contributed by atoms with Crippen molar-refractivity contribution in [3.05, 3.63) is 36.8 Å². The van der Waals surface area contributed by atoms with Gasteiger partial charge in [0.2, 0.25) is 0 Å². The average molecular weight is 271 g/mol. The number of anilines is 1. The lowest BCUT2D eigenvalue weighted by Gasteiger charge is -2.12. The first-order valence-electron chi connectivity index (χ1n) is 6.76. The Morgan fingerprint density at radius 3 is 2.80 bits per heavy atom. The van der Waals surface area contributed by atoms with Crippen LogP contribution in [-0.2, 0) is 0 Å². The van der Waals surface area contributed by atoms with Crippen LogP contribution in [0.1, 0.15) is 19.8 Å². The minimum absolute atomic E-state index is 0.204. The second kappa shape index (κ2) is 5.32. The molecule has 0 aliphatic heterocycles. The molecule has 3 rings (SSSR count). The van der Waals surface area contributed by atoms with Crippen LogP contribution in [-0.4, -0.2) is 26.8 Å². The Morgan fingerprint density at radius 1 is 1.35 bits per heavy atom. The van der Waals surface area contributed by atoms with Crippen LogP contribution in [0.25, 0.3) is 5.69 Å². The summed E-state index contributed by atoms with van der Waals surface area (Å²) in [5, 5.41) is 9.98. The molecule has 2 amide bonds. The van der Waals surface area contributed by atoms with E-state index in [2.05, 4.69) is 20.7 Å². The van der Waals surface area contributed by atoms with Crippen molar-refractivity contribution in [2.75, 3.05) is 5.32 Å². The van der Waals surface area contributed by atoms with Crippen LogP contribution in [0.3, 0.4) is 0 Å². The van der Waals surface area contributed by atoms with Crippen LogP contribution >= 0.6 is 0 Å². The van der Waals surface area contributed by atoms with Gasteiger partial charge in [-0.15, -0.1) is 5.10 Å². The Kier molecular flexibility index (Phi) is 3.37. The summed E-state index contributed by atoms with van der Waals surface area (Å²) in [5.74, 6) is 1.16. The third-order valence-electron chi connectivity index (χ3n) is 3.45. The Balaban J connectivity index is 1.61. The van der Waals surface area contributed by atoms with E-state index in [4.69, 9.17) is 0 Å². The van der Waals surface area contributed by atoms with Crippen molar-refractivity contribution in [3.8, 4) is 5.69 Å². The summed E-state index contributed by atoms with van der Waals surface area (Å²) < 4.78 is 1.70. The molecule has 104 valence electrons. The highest BCUT2D eigenvalue weighted by Gasteiger charge is 2.28. The zero-order chi connectivity index (χ0) is 13.9. The first kappa shape index (κ1) is 12.7. The fourth-order valence-corrected chi connectivity index (χ4v) is 2.10. The van der Waals surface area contributed by atoms with Gasteiger partial charge in [0, 0.05) is 30.7 Å². The number of carbonyl (C=O) groups is 1. The Morgan fingerprint density at radius 2 is 2.10 bits per heavy atom. The van der Waals surface area contributed by atoms with Gasteiger partial charge in [-0.3, -0.25) is 10.3 Å². The summed E-state index contributed by atoms with van der Waals surface area (Å²) in [4.78, 5) is 15.8. The molecular formula is C14H17N5O. The molecule has 2 aromatic rings.